The first-order valence-electron chi connectivity index (χ1n) is 11.7. The second-order valence-electron chi connectivity index (χ2n) is 9.17. The van der Waals surface area contributed by atoms with Gasteiger partial charge in [-0.15, -0.1) is 0 Å². The van der Waals surface area contributed by atoms with E-state index in [1.165, 1.54) is 18.2 Å². The summed E-state index contributed by atoms with van der Waals surface area (Å²) in [4.78, 5) is 38.7. The minimum absolute atomic E-state index is 0.0741. The summed E-state index contributed by atoms with van der Waals surface area (Å²) in [6.45, 7) is 5.34. The standard InChI is InChI=1S/C24H29N5O2S2/c1-16-7-6-10-28-20(16)25-21(27-13-11-26(2)12-14-27)18(22(28)30)15-19-23(31)29(24(32)33-19)17-8-4-3-5-9-17/h6-7,10,15,17H,3-5,8-9,11-14H2,1-2H3/b19-15+. The van der Waals surface area contributed by atoms with Gasteiger partial charge in [0.05, 0.1) is 10.5 Å². The molecule has 4 heterocycles. The highest BCUT2D eigenvalue weighted by molar-refractivity contribution is 8.26. The van der Waals surface area contributed by atoms with E-state index in [1.807, 2.05) is 19.1 Å². The molecule has 2 aromatic rings. The van der Waals surface area contributed by atoms with Crippen molar-refractivity contribution < 1.29 is 4.79 Å². The van der Waals surface area contributed by atoms with Crippen LogP contribution in [0.15, 0.2) is 28.0 Å². The zero-order valence-corrected chi connectivity index (χ0v) is 20.8. The Balaban J connectivity index is 1.59. The van der Waals surface area contributed by atoms with Gasteiger partial charge < -0.3 is 9.80 Å². The number of carbonyl (C=O) groups is 1. The summed E-state index contributed by atoms with van der Waals surface area (Å²) in [7, 11) is 2.10. The van der Waals surface area contributed by atoms with E-state index in [4.69, 9.17) is 17.2 Å². The van der Waals surface area contributed by atoms with Crippen molar-refractivity contribution in [3.05, 3.63) is 44.7 Å². The molecule has 0 unspecified atom stereocenters. The van der Waals surface area contributed by atoms with Crippen LogP contribution in [0.25, 0.3) is 11.7 Å². The van der Waals surface area contributed by atoms with Crippen LogP contribution < -0.4 is 10.5 Å². The molecule has 7 nitrogen and oxygen atoms in total. The monoisotopic (exact) mass is 483 g/mol. The largest absolute Gasteiger partial charge is 0.353 e. The van der Waals surface area contributed by atoms with Crippen molar-refractivity contribution in [1.82, 2.24) is 19.2 Å². The van der Waals surface area contributed by atoms with Gasteiger partial charge in [-0.3, -0.25) is 18.9 Å². The van der Waals surface area contributed by atoms with Crippen molar-refractivity contribution in [1.29, 1.82) is 0 Å². The van der Waals surface area contributed by atoms with Gasteiger partial charge in [0.25, 0.3) is 11.5 Å². The molecule has 1 aliphatic carbocycles. The summed E-state index contributed by atoms with van der Waals surface area (Å²) in [6, 6.07) is 3.99. The summed E-state index contributed by atoms with van der Waals surface area (Å²) in [5.41, 5.74) is 1.91. The molecule has 2 aromatic heterocycles. The number of rotatable bonds is 3. The maximum Gasteiger partial charge on any atom is 0.267 e. The molecule has 1 amide bonds. The number of hydrogen-bond acceptors (Lipinski definition) is 7. The first kappa shape index (κ1) is 22.6. The van der Waals surface area contributed by atoms with Crippen LogP contribution in [0, 0.1) is 6.92 Å². The number of thiocarbonyl (C=S) groups is 1. The molecule has 3 fully saturated rings. The highest BCUT2D eigenvalue weighted by Gasteiger charge is 2.38. The van der Waals surface area contributed by atoms with Crippen molar-refractivity contribution >= 4 is 51.7 Å². The van der Waals surface area contributed by atoms with E-state index in [9.17, 15) is 9.59 Å². The number of thioether (sulfide) groups is 1. The number of hydrogen-bond donors (Lipinski definition) is 0. The number of pyridine rings is 1. The van der Waals surface area contributed by atoms with Crippen molar-refractivity contribution in [3.8, 4) is 0 Å². The van der Waals surface area contributed by atoms with E-state index >= 15 is 0 Å². The lowest BCUT2D eigenvalue weighted by molar-refractivity contribution is -0.124. The maximum atomic E-state index is 13.6. The Labute approximate surface area is 203 Å². The molecule has 5 rings (SSSR count). The summed E-state index contributed by atoms with van der Waals surface area (Å²) >= 11 is 6.91. The van der Waals surface area contributed by atoms with Crippen LogP contribution in [0.4, 0.5) is 5.82 Å². The fourth-order valence-corrected chi connectivity index (χ4v) is 6.33. The number of aryl methyl sites for hydroxylation is 1. The molecular formula is C24H29N5O2S2. The van der Waals surface area contributed by atoms with Crippen molar-refractivity contribution in [2.45, 2.75) is 45.1 Å². The van der Waals surface area contributed by atoms with Crippen LogP contribution in [-0.4, -0.2) is 68.7 Å². The summed E-state index contributed by atoms with van der Waals surface area (Å²) in [6.07, 6.45) is 8.94. The topological polar surface area (TPSA) is 61.2 Å². The normalized spacial score (nSPS) is 22.2. The predicted molar refractivity (Wildman–Crippen MR) is 138 cm³/mol. The van der Waals surface area contributed by atoms with Gasteiger partial charge in [-0.1, -0.05) is 49.3 Å². The van der Waals surface area contributed by atoms with E-state index in [0.29, 0.717) is 26.3 Å². The average molecular weight is 484 g/mol. The Morgan fingerprint density at radius 3 is 2.58 bits per heavy atom. The van der Waals surface area contributed by atoms with Gasteiger partial charge in [0.15, 0.2) is 0 Å². The zero-order chi connectivity index (χ0) is 23.1. The molecule has 9 heteroatoms. The molecule has 0 atom stereocenters. The average Bonchev–Trinajstić information content (AvgIpc) is 3.10. The van der Waals surface area contributed by atoms with Gasteiger partial charge in [-0.25, -0.2) is 4.98 Å². The molecule has 0 aromatic carbocycles. The Bertz CT molecular complexity index is 1190. The van der Waals surface area contributed by atoms with Crippen LogP contribution in [-0.2, 0) is 4.79 Å². The number of amides is 1. The predicted octanol–water partition coefficient (Wildman–Crippen LogP) is 3.29. The molecule has 33 heavy (non-hydrogen) atoms. The SMILES string of the molecule is Cc1cccn2c(=O)c(/C=C3/SC(=S)N(C4CCCCC4)C3=O)c(N3CCN(C)CC3)nc12. The molecule has 1 saturated carbocycles. The Morgan fingerprint density at radius 2 is 1.85 bits per heavy atom. The van der Waals surface area contributed by atoms with Crippen LogP contribution >= 0.6 is 24.0 Å². The van der Waals surface area contributed by atoms with E-state index in [0.717, 1.165) is 57.4 Å². The molecule has 3 aliphatic rings. The number of carbonyl (C=O) groups excluding carboxylic acids is 1. The Morgan fingerprint density at radius 1 is 1.12 bits per heavy atom. The third kappa shape index (κ3) is 4.22. The Kier molecular flexibility index (Phi) is 6.28. The number of aromatic nitrogens is 2. The summed E-state index contributed by atoms with van der Waals surface area (Å²) in [5, 5.41) is 0. The first-order chi connectivity index (χ1) is 15.9. The fraction of sp³-hybridized carbons (Fsp3) is 0.500. The first-order valence-corrected chi connectivity index (χ1v) is 12.9. The summed E-state index contributed by atoms with van der Waals surface area (Å²) < 4.78 is 2.19. The van der Waals surface area contributed by atoms with Crippen molar-refractivity contribution in [3.63, 3.8) is 0 Å². The van der Waals surface area contributed by atoms with Crippen LogP contribution in [0.2, 0.25) is 0 Å². The van der Waals surface area contributed by atoms with Crippen molar-refractivity contribution in [2.24, 2.45) is 0 Å². The van der Waals surface area contributed by atoms with Gasteiger partial charge >= 0.3 is 0 Å². The molecule has 0 bridgehead atoms. The van der Waals surface area contributed by atoms with Gasteiger partial charge in [-0.05, 0) is 44.5 Å². The molecule has 0 N–H and O–H groups in total. The number of fused-ring (bicyclic) bond motifs is 1. The number of likely N-dealkylation sites (N-methyl/N-ethyl adjacent to an activating group) is 1. The van der Waals surface area contributed by atoms with Crippen LogP contribution in [0.5, 0.6) is 0 Å². The third-order valence-corrected chi connectivity index (χ3v) is 8.24. The van der Waals surface area contributed by atoms with Gasteiger partial charge in [0.2, 0.25) is 0 Å². The van der Waals surface area contributed by atoms with E-state index < -0.39 is 0 Å². The van der Waals surface area contributed by atoms with Crippen LogP contribution in [0.1, 0.15) is 43.2 Å². The second kappa shape index (κ2) is 9.19. The van der Waals surface area contributed by atoms with Gasteiger partial charge in [0, 0.05) is 38.4 Å². The number of piperazine rings is 1. The fourth-order valence-electron chi connectivity index (χ4n) is 4.95. The number of nitrogens with zero attached hydrogens (tertiary/aromatic N) is 5. The smallest absolute Gasteiger partial charge is 0.267 e. The number of anilines is 1. The molecule has 2 aliphatic heterocycles. The maximum absolute atomic E-state index is 13.6. The second-order valence-corrected chi connectivity index (χ2v) is 10.8. The molecular weight excluding hydrogens is 454 g/mol. The lowest BCUT2D eigenvalue weighted by Gasteiger charge is -2.34. The highest BCUT2D eigenvalue weighted by Crippen LogP contribution is 2.37. The molecule has 174 valence electrons. The summed E-state index contributed by atoms with van der Waals surface area (Å²) in [5.74, 6) is 0.584. The van der Waals surface area contributed by atoms with Crippen molar-refractivity contribution in [2.75, 3.05) is 38.1 Å². The lowest BCUT2D eigenvalue weighted by atomic mass is 9.94. The van der Waals surface area contributed by atoms with Gasteiger partial charge in [-0.2, -0.15) is 0 Å². The lowest BCUT2D eigenvalue weighted by Crippen LogP contribution is -2.45. The quantitative estimate of drug-likeness (QED) is 0.490. The minimum atomic E-state index is -0.152. The zero-order valence-electron chi connectivity index (χ0n) is 19.1. The molecule has 0 spiro atoms. The van der Waals surface area contributed by atoms with Crippen LogP contribution in [0.3, 0.4) is 0 Å². The van der Waals surface area contributed by atoms with E-state index in [2.05, 4.69) is 16.8 Å². The van der Waals surface area contributed by atoms with E-state index in [-0.39, 0.29) is 17.5 Å². The third-order valence-electron chi connectivity index (χ3n) is 6.91. The Hall–Kier alpha value is -2.23. The highest BCUT2D eigenvalue weighted by atomic mass is 32.2. The minimum Gasteiger partial charge on any atom is -0.353 e. The van der Waals surface area contributed by atoms with E-state index in [1.54, 1.807) is 21.6 Å². The van der Waals surface area contributed by atoms with Gasteiger partial charge in [0.1, 0.15) is 15.8 Å². The molecule has 2 saturated heterocycles. The molecule has 0 radical (unpaired) electrons.